The largest absolute Gasteiger partial charge is 0.379 e. The Morgan fingerprint density at radius 2 is 2.00 bits per heavy atom. The van der Waals surface area contributed by atoms with Gasteiger partial charge in [0.05, 0.1) is 13.2 Å². The molecule has 0 N–H and O–H groups in total. The molecule has 1 unspecified atom stereocenters. The van der Waals surface area contributed by atoms with Crippen LogP contribution >= 0.6 is 0 Å². The van der Waals surface area contributed by atoms with E-state index in [9.17, 15) is 0 Å². The molecule has 1 radical (unpaired) electrons. The minimum atomic E-state index is 0.555. The molecule has 0 amide bonds. The van der Waals surface area contributed by atoms with Gasteiger partial charge in [-0.25, -0.2) is 0 Å². The van der Waals surface area contributed by atoms with Crippen LogP contribution < -0.4 is 0 Å². The average Bonchev–Trinajstić information content (AvgIpc) is 2.58. The highest BCUT2D eigenvalue weighted by atomic mass is 16.5. The fourth-order valence-electron chi connectivity index (χ4n) is 1.61. The predicted octanol–water partition coefficient (Wildman–Crippen LogP) is 0.269. The zero-order chi connectivity index (χ0) is 7.52. The Morgan fingerprint density at radius 1 is 1.18 bits per heavy atom. The van der Waals surface area contributed by atoms with E-state index in [-0.39, 0.29) is 0 Å². The van der Waals surface area contributed by atoms with Crippen LogP contribution in [0.1, 0.15) is 6.42 Å². The van der Waals surface area contributed by atoms with Gasteiger partial charge in [0.1, 0.15) is 6.61 Å². The van der Waals surface area contributed by atoms with Crippen molar-refractivity contribution in [2.45, 2.75) is 12.5 Å². The molecule has 2 saturated heterocycles. The van der Waals surface area contributed by atoms with Gasteiger partial charge in [0.15, 0.2) is 0 Å². The molecule has 3 nitrogen and oxygen atoms in total. The first-order chi connectivity index (χ1) is 5.47. The van der Waals surface area contributed by atoms with Gasteiger partial charge < -0.3 is 9.47 Å². The van der Waals surface area contributed by atoms with E-state index >= 15 is 0 Å². The molecule has 0 saturated carbocycles. The van der Waals surface area contributed by atoms with Gasteiger partial charge in [0.2, 0.25) is 0 Å². The summed E-state index contributed by atoms with van der Waals surface area (Å²) in [5.74, 6) is 0. The van der Waals surface area contributed by atoms with Gasteiger partial charge in [0.25, 0.3) is 0 Å². The molecule has 2 aliphatic rings. The fourth-order valence-corrected chi connectivity index (χ4v) is 1.61. The first-order valence-corrected chi connectivity index (χ1v) is 4.23. The molecule has 0 aromatic carbocycles. The molecule has 0 spiro atoms. The number of morpholine rings is 1. The summed E-state index contributed by atoms with van der Waals surface area (Å²) in [4.78, 5) is 2.43. The van der Waals surface area contributed by atoms with Gasteiger partial charge in [-0.05, 0) is 6.42 Å². The third-order valence-corrected chi connectivity index (χ3v) is 2.30. The summed E-state index contributed by atoms with van der Waals surface area (Å²) < 4.78 is 10.5. The topological polar surface area (TPSA) is 21.7 Å². The van der Waals surface area contributed by atoms with Gasteiger partial charge in [-0.2, -0.15) is 0 Å². The lowest BCUT2D eigenvalue weighted by Gasteiger charge is -2.30. The summed E-state index contributed by atoms with van der Waals surface area (Å²) in [7, 11) is 0. The van der Waals surface area contributed by atoms with Crippen LogP contribution in [0, 0.1) is 6.61 Å². The lowest BCUT2D eigenvalue weighted by molar-refractivity contribution is 0.0219. The third-order valence-electron chi connectivity index (χ3n) is 2.30. The van der Waals surface area contributed by atoms with E-state index in [1.807, 2.05) is 6.61 Å². The highest BCUT2D eigenvalue weighted by molar-refractivity contribution is 4.84. The maximum absolute atomic E-state index is 5.26. The Hall–Kier alpha value is -0.120. The van der Waals surface area contributed by atoms with Gasteiger partial charge >= 0.3 is 0 Å². The van der Waals surface area contributed by atoms with Crippen molar-refractivity contribution in [3.05, 3.63) is 6.61 Å². The number of rotatable bonds is 1. The molecule has 1 atom stereocenters. The second-order valence-electron chi connectivity index (χ2n) is 3.01. The Morgan fingerprint density at radius 3 is 2.64 bits per heavy atom. The van der Waals surface area contributed by atoms with Crippen LogP contribution in [0.5, 0.6) is 0 Å². The molecule has 0 aromatic rings. The van der Waals surface area contributed by atoms with E-state index in [1.54, 1.807) is 0 Å². The van der Waals surface area contributed by atoms with Crippen LogP contribution in [-0.4, -0.2) is 43.9 Å². The van der Waals surface area contributed by atoms with Crippen LogP contribution in [0.2, 0.25) is 0 Å². The molecule has 2 aliphatic heterocycles. The average molecular weight is 156 g/mol. The molecular weight excluding hydrogens is 142 g/mol. The minimum Gasteiger partial charge on any atom is -0.379 e. The lowest BCUT2D eigenvalue weighted by Crippen LogP contribution is -2.42. The van der Waals surface area contributed by atoms with E-state index in [2.05, 4.69) is 4.90 Å². The molecule has 2 heterocycles. The van der Waals surface area contributed by atoms with Crippen LogP contribution in [0.3, 0.4) is 0 Å². The maximum Gasteiger partial charge on any atom is 0.101 e. The highest BCUT2D eigenvalue weighted by Crippen LogP contribution is 2.16. The van der Waals surface area contributed by atoms with E-state index in [4.69, 9.17) is 9.47 Å². The number of nitrogens with zero attached hydrogens (tertiary/aromatic N) is 1. The van der Waals surface area contributed by atoms with Crippen molar-refractivity contribution in [2.24, 2.45) is 0 Å². The first-order valence-electron chi connectivity index (χ1n) is 4.23. The van der Waals surface area contributed by atoms with Crippen molar-refractivity contribution in [3.63, 3.8) is 0 Å². The molecule has 0 aromatic heterocycles. The monoisotopic (exact) mass is 156 g/mol. The summed E-state index contributed by atoms with van der Waals surface area (Å²) in [5.41, 5.74) is 0. The summed E-state index contributed by atoms with van der Waals surface area (Å²) in [6.45, 7) is 6.73. The predicted molar refractivity (Wildman–Crippen MR) is 41.0 cm³/mol. The minimum absolute atomic E-state index is 0.555. The summed E-state index contributed by atoms with van der Waals surface area (Å²) in [6, 6.07) is 0.555. The van der Waals surface area contributed by atoms with Crippen molar-refractivity contribution in [1.29, 1.82) is 0 Å². The fraction of sp³-hybridized carbons (Fsp3) is 0.875. The summed E-state index contributed by atoms with van der Waals surface area (Å²) in [6.07, 6.45) is 1.15. The zero-order valence-corrected chi connectivity index (χ0v) is 6.66. The van der Waals surface area contributed by atoms with E-state index in [0.717, 1.165) is 39.3 Å². The second kappa shape index (κ2) is 3.52. The third kappa shape index (κ3) is 1.72. The van der Waals surface area contributed by atoms with Crippen molar-refractivity contribution < 1.29 is 9.47 Å². The van der Waals surface area contributed by atoms with Crippen molar-refractivity contribution >= 4 is 0 Å². The van der Waals surface area contributed by atoms with E-state index in [1.165, 1.54) is 0 Å². The van der Waals surface area contributed by atoms with E-state index in [0.29, 0.717) is 6.04 Å². The molecule has 2 rings (SSSR count). The van der Waals surface area contributed by atoms with Crippen LogP contribution in [0.15, 0.2) is 0 Å². The zero-order valence-electron chi connectivity index (χ0n) is 6.66. The normalized spacial score (nSPS) is 34.4. The summed E-state index contributed by atoms with van der Waals surface area (Å²) in [5, 5.41) is 0. The van der Waals surface area contributed by atoms with Gasteiger partial charge in [-0.1, -0.05) is 0 Å². The van der Waals surface area contributed by atoms with Crippen LogP contribution in [0.4, 0.5) is 0 Å². The van der Waals surface area contributed by atoms with Gasteiger partial charge in [-0.3, -0.25) is 4.90 Å². The number of hydrogen-bond acceptors (Lipinski definition) is 3. The Labute approximate surface area is 67.3 Å². The van der Waals surface area contributed by atoms with E-state index < -0.39 is 0 Å². The molecule has 0 aliphatic carbocycles. The molecule has 11 heavy (non-hydrogen) atoms. The maximum atomic E-state index is 5.26. The van der Waals surface area contributed by atoms with Crippen LogP contribution in [-0.2, 0) is 9.47 Å². The van der Waals surface area contributed by atoms with Gasteiger partial charge in [-0.15, -0.1) is 0 Å². The molecule has 0 bridgehead atoms. The van der Waals surface area contributed by atoms with Crippen molar-refractivity contribution in [3.8, 4) is 0 Å². The lowest BCUT2D eigenvalue weighted by atomic mass is 10.2. The second-order valence-corrected chi connectivity index (χ2v) is 3.01. The summed E-state index contributed by atoms with van der Waals surface area (Å²) >= 11 is 0. The smallest absolute Gasteiger partial charge is 0.101 e. The molecule has 2 fully saturated rings. The number of hydrogen-bond donors (Lipinski definition) is 0. The first kappa shape index (κ1) is 7.53. The van der Waals surface area contributed by atoms with Crippen molar-refractivity contribution in [2.75, 3.05) is 32.9 Å². The quantitative estimate of drug-likeness (QED) is 0.544. The SMILES string of the molecule is [CH]1OCCC1N1CCOCC1. The molecule has 3 heteroatoms. The number of ether oxygens (including phenoxy) is 2. The molecule has 63 valence electrons. The Bertz CT molecular complexity index is 117. The highest BCUT2D eigenvalue weighted by Gasteiger charge is 2.24. The standard InChI is InChI=1S/C8H14NO2/c1-4-11-7-8(1)9-2-5-10-6-3-9/h7-8H,1-6H2. The molecular formula is C8H14NO2. The Kier molecular flexibility index (Phi) is 2.41. The van der Waals surface area contributed by atoms with Crippen LogP contribution in [0.25, 0.3) is 0 Å². The van der Waals surface area contributed by atoms with Crippen molar-refractivity contribution in [1.82, 2.24) is 4.90 Å². The Balaban J connectivity index is 1.82. The van der Waals surface area contributed by atoms with Gasteiger partial charge in [0, 0.05) is 25.7 Å².